The summed E-state index contributed by atoms with van der Waals surface area (Å²) in [6.07, 6.45) is 0.339. The van der Waals surface area contributed by atoms with Crippen molar-refractivity contribution in [2.45, 2.75) is 25.0 Å². The summed E-state index contributed by atoms with van der Waals surface area (Å²) in [7, 11) is 1.59. The molecular weight excluding hydrogens is 547 g/mol. The van der Waals surface area contributed by atoms with Crippen LogP contribution in [0.4, 0.5) is 14.9 Å². The van der Waals surface area contributed by atoms with Crippen LogP contribution in [0, 0.1) is 5.82 Å². The SMILES string of the molecule is COc1ccc(C2c3[nH]c4ccccc4c3C[C@H]3C(=O)N(c4ccccc4C(=O)NCc4ccc(F)cc4)C(=O)N23)cc1. The highest BCUT2D eigenvalue weighted by Gasteiger charge is 2.53. The number of fused-ring (bicyclic) bond motifs is 4. The molecule has 5 aromatic rings. The van der Waals surface area contributed by atoms with Gasteiger partial charge in [0.25, 0.3) is 11.8 Å². The quantitative estimate of drug-likeness (QED) is 0.253. The van der Waals surface area contributed by atoms with Crippen LogP contribution in [-0.4, -0.2) is 40.9 Å². The lowest BCUT2D eigenvalue weighted by Gasteiger charge is -2.36. The van der Waals surface area contributed by atoms with Gasteiger partial charge in [-0.1, -0.05) is 54.6 Å². The van der Waals surface area contributed by atoms with E-state index in [1.165, 1.54) is 12.1 Å². The molecule has 4 amide bonds. The van der Waals surface area contributed by atoms with Gasteiger partial charge in [-0.2, -0.15) is 0 Å². The van der Waals surface area contributed by atoms with Gasteiger partial charge < -0.3 is 15.0 Å². The fourth-order valence-electron chi connectivity index (χ4n) is 6.17. The molecule has 2 aliphatic heterocycles. The Bertz CT molecular complexity index is 1880. The van der Waals surface area contributed by atoms with Crippen molar-refractivity contribution in [1.82, 2.24) is 15.2 Å². The van der Waals surface area contributed by atoms with Gasteiger partial charge in [-0.3, -0.25) is 14.5 Å². The molecule has 0 saturated carbocycles. The summed E-state index contributed by atoms with van der Waals surface area (Å²) in [5.74, 6) is -0.527. The molecule has 214 valence electrons. The van der Waals surface area contributed by atoms with Crippen molar-refractivity contribution in [1.29, 1.82) is 0 Å². The third-order valence-electron chi connectivity index (χ3n) is 8.24. The van der Waals surface area contributed by atoms with E-state index in [1.54, 1.807) is 48.4 Å². The standard InChI is InChI=1S/C34H27FN4O4/c1-43-23-16-12-21(13-17-23)31-30-26(24-6-2-4-8-27(24)37-30)18-29-33(41)39(34(42)38(29)31)28-9-5-3-7-25(28)32(40)36-19-20-10-14-22(35)15-11-20/h2-17,29,31,37H,18-19H2,1H3,(H,36,40)/t29-,31?/m0/s1. The zero-order valence-electron chi connectivity index (χ0n) is 23.2. The number of ether oxygens (including phenoxy) is 1. The number of hydrogen-bond acceptors (Lipinski definition) is 4. The average molecular weight is 575 g/mol. The minimum absolute atomic E-state index is 0.158. The lowest BCUT2D eigenvalue weighted by molar-refractivity contribution is -0.120. The van der Waals surface area contributed by atoms with Gasteiger partial charge in [0.1, 0.15) is 23.7 Å². The second-order valence-corrected chi connectivity index (χ2v) is 10.6. The monoisotopic (exact) mass is 574 g/mol. The van der Waals surface area contributed by atoms with E-state index < -0.39 is 29.9 Å². The van der Waals surface area contributed by atoms with Gasteiger partial charge in [0.05, 0.1) is 18.4 Å². The Morgan fingerprint density at radius 3 is 2.44 bits per heavy atom. The lowest BCUT2D eigenvalue weighted by Crippen LogP contribution is -2.44. The van der Waals surface area contributed by atoms with Crippen LogP contribution in [0.2, 0.25) is 0 Å². The van der Waals surface area contributed by atoms with Gasteiger partial charge in [-0.05, 0) is 59.2 Å². The maximum absolute atomic E-state index is 14.3. The normalized spacial score (nSPS) is 17.6. The zero-order chi connectivity index (χ0) is 29.7. The van der Waals surface area contributed by atoms with E-state index in [-0.39, 0.29) is 23.6 Å². The van der Waals surface area contributed by atoms with Crippen LogP contribution in [-0.2, 0) is 17.8 Å². The number of nitrogens with zero attached hydrogens (tertiary/aromatic N) is 2. The number of carbonyl (C=O) groups excluding carboxylic acids is 3. The number of benzene rings is 4. The number of amides is 4. The predicted octanol–water partition coefficient (Wildman–Crippen LogP) is 5.73. The minimum Gasteiger partial charge on any atom is -0.497 e. The summed E-state index contributed by atoms with van der Waals surface area (Å²) in [5, 5.41) is 3.83. The molecule has 9 heteroatoms. The Morgan fingerprint density at radius 1 is 0.953 bits per heavy atom. The topological polar surface area (TPSA) is 94.7 Å². The van der Waals surface area contributed by atoms with E-state index in [9.17, 15) is 18.8 Å². The molecular formula is C34H27FN4O4. The fourth-order valence-corrected chi connectivity index (χ4v) is 6.17. The number of imide groups is 1. The molecule has 1 saturated heterocycles. The summed E-state index contributed by atoms with van der Waals surface area (Å²) >= 11 is 0. The number of hydrogen-bond donors (Lipinski definition) is 2. The summed E-state index contributed by atoms with van der Waals surface area (Å²) < 4.78 is 18.7. The van der Waals surface area contributed by atoms with E-state index in [0.717, 1.165) is 32.6 Å². The maximum Gasteiger partial charge on any atom is 0.332 e. The van der Waals surface area contributed by atoms with Gasteiger partial charge >= 0.3 is 6.03 Å². The van der Waals surface area contributed by atoms with E-state index in [2.05, 4.69) is 10.3 Å². The van der Waals surface area contributed by atoms with E-state index in [0.29, 0.717) is 17.7 Å². The fraction of sp³-hybridized carbons (Fsp3) is 0.147. The molecule has 0 aliphatic carbocycles. The number of halogens is 1. The Hall–Kier alpha value is -5.44. The molecule has 4 aromatic carbocycles. The van der Waals surface area contributed by atoms with Crippen LogP contribution in [0.25, 0.3) is 10.9 Å². The number of H-pyrrole nitrogens is 1. The van der Waals surface area contributed by atoms with Crippen molar-refractivity contribution in [3.05, 3.63) is 131 Å². The molecule has 2 aliphatic rings. The summed E-state index contributed by atoms with van der Waals surface area (Å²) in [6.45, 7) is 0.158. The highest BCUT2D eigenvalue weighted by Crippen LogP contribution is 2.45. The smallest absolute Gasteiger partial charge is 0.332 e. The lowest BCUT2D eigenvalue weighted by atomic mass is 9.89. The van der Waals surface area contributed by atoms with E-state index >= 15 is 0 Å². The van der Waals surface area contributed by atoms with Gasteiger partial charge in [-0.15, -0.1) is 0 Å². The zero-order valence-corrected chi connectivity index (χ0v) is 23.2. The van der Waals surface area contributed by atoms with Crippen LogP contribution >= 0.6 is 0 Å². The molecule has 1 fully saturated rings. The van der Waals surface area contributed by atoms with Gasteiger partial charge in [0.15, 0.2) is 0 Å². The molecule has 0 spiro atoms. The first kappa shape index (κ1) is 26.5. The van der Waals surface area contributed by atoms with Gasteiger partial charge in [0, 0.05) is 29.6 Å². The molecule has 2 atom stereocenters. The third-order valence-corrected chi connectivity index (χ3v) is 8.24. The first-order valence-corrected chi connectivity index (χ1v) is 14.0. The first-order valence-electron chi connectivity index (χ1n) is 14.0. The molecule has 8 nitrogen and oxygen atoms in total. The van der Waals surface area contributed by atoms with Crippen molar-refractivity contribution in [2.24, 2.45) is 0 Å². The predicted molar refractivity (Wildman–Crippen MR) is 159 cm³/mol. The minimum atomic E-state index is -0.762. The highest BCUT2D eigenvalue weighted by molar-refractivity contribution is 6.24. The second kappa shape index (κ2) is 10.4. The Morgan fingerprint density at radius 2 is 1.67 bits per heavy atom. The molecule has 2 N–H and O–H groups in total. The number of carbonyl (C=O) groups is 3. The molecule has 0 radical (unpaired) electrons. The van der Waals surface area contributed by atoms with Crippen molar-refractivity contribution in [2.75, 3.05) is 12.0 Å². The highest BCUT2D eigenvalue weighted by atomic mass is 19.1. The molecule has 0 bridgehead atoms. The Kier molecular flexibility index (Phi) is 6.42. The summed E-state index contributed by atoms with van der Waals surface area (Å²) in [5.41, 5.74) is 4.73. The molecule has 1 aromatic heterocycles. The van der Waals surface area contributed by atoms with Crippen molar-refractivity contribution in [3.63, 3.8) is 0 Å². The second-order valence-electron chi connectivity index (χ2n) is 10.6. The Balaban J connectivity index is 1.27. The van der Waals surface area contributed by atoms with Gasteiger partial charge in [-0.25, -0.2) is 14.1 Å². The average Bonchev–Trinajstić information content (AvgIpc) is 3.53. The van der Waals surface area contributed by atoms with Crippen LogP contribution in [0.15, 0.2) is 97.1 Å². The number of rotatable bonds is 6. The van der Waals surface area contributed by atoms with Crippen molar-refractivity contribution >= 4 is 34.4 Å². The number of urea groups is 1. The molecule has 7 rings (SSSR count). The number of aromatic amines is 1. The molecule has 3 heterocycles. The third kappa shape index (κ3) is 4.41. The van der Waals surface area contributed by atoms with Crippen LogP contribution in [0.1, 0.15) is 38.8 Å². The number of anilines is 1. The van der Waals surface area contributed by atoms with Crippen LogP contribution in [0.3, 0.4) is 0 Å². The van der Waals surface area contributed by atoms with Crippen molar-refractivity contribution < 1.29 is 23.5 Å². The molecule has 1 unspecified atom stereocenters. The van der Waals surface area contributed by atoms with E-state index in [4.69, 9.17) is 4.74 Å². The molecule has 43 heavy (non-hydrogen) atoms. The largest absolute Gasteiger partial charge is 0.497 e. The number of para-hydroxylation sites is 2. The number of nitrogens with one attached hydrogen (secondary N) is 2. The van der Waals surface area contributed by atoms with Crippen molar-refractivity contribution in [3.8, 4) is 5.75 Å². The maximum atomic E-state index is 14.3. The van der Waals surface area contributed by atoms with Crippen LogP contribution in [0.5, 0.6) is 5.75 Å². The summed E-state index contributed by atoms with van der Waals surface area (Å²) in [6, 6.07) is 26.0. The number of methoxy groups -OCH3 is 1. The van der Waals surface area contributed by atoms with E-state index in [1.807, 2.05) is 48.5 Å². The van der Waals surface area contributed by atoms with Crippen LogP contribution < -0.4 is 15.0 Å². The number of aromatic nitrogens is 1. The van der Waals surface area contributed by atoms with Gasteiger partial charge in [0.2, 0.25) is 0 Å². The Labute approximate surface area is 246 Å². The first-order chi connectivity index (χ1) is 20.9. The summed E-state index contributed by atoms with van der Waals surface area (Å²) in [4.78, 5) is 48.1.